The molecular formula is C12H19NO8. The lowest BCUT2D eigenvalue weighted by Gasteiger charge is -2.16. The summed E-state index contributed by atoms with van der Waals surface area (Å²) in [5, 5.41) is 18.8. The van der Waals surface area contributed by atoms with Crippen molar-refractivity contribution < 1.29 is 34.0 Å². The Morgan fingerprint density at radius 2 is 2.14 bits per heavy atom. The lowest BCUT2D eigenvalue weighted by Crippen LogP contribution is -2.34. The van der Waals surface area contributed by atoms with Gasteiger partial charge in [-0.2, -0.15) is 0 Å². The lowest BCUT2D eigenvalue weighted by atomic mass is 10.1. The van der Waals surface area contributed by atoms with E-state index in [9.17, 15) is 20.0 Å². The van der Waals surface area contributed by atoms with Crippen LogP contribution in [0.3, 0.4) is 0 Å². The first kappa shape index (κ1) is 15.9. The van der Waals surface area contributed by atoms with Crippen LogP contribution in [0.5, 0.6) is 0 Å². The Balaban J connectivity index is 1.65. The lowest BCUT2D eigenvalue weighted by molar-refractivity contribution is -0.767. The van der Waals surface area contributed by atoms with E-state index in [4.69, 9.17) is 14.2 Å². The molecule has 2 aliphatic heterocycles. The normalized spacial score (nSPS) is 32.5. The summed E-state index contributed by atoms with van der Waals surface area (Å²) in [6.07, 6.45) is -1.64. The van der Waals surface area contributed by atoms with Crippen molar-refractivity contribution in [2.45, 2.75) is 56.7 Å². The Hall–Kier alpha value is -1.45. The van der Waals surface area contributed by atoms with Crippen LogP contribution in [0, 0.1) is 10.1 Å². The number of hydrogen-bond donors (Lipinski definition) is 1. The van der Waals surface area contributed by atoms with Crippen molar-refractivity contribution in [3.8, 4) is 0 Å². The molecule has 2 heterocycles. The third-order valence-electron chi connectivity index (χ3n) is 3.52. The average molecular weight is 305 g/mol. The fourth-order valence-electron chi connectivity index (χ4n) is 2.51. The molecular weight excluding hydrogens is 286 g/mol. The minimum atomic E-state index is -0.846. The monoisotopic (exact) mass is 305 g/mol. The molecule has 0 radical (unpaired) electrons. The Morgan fingerprint density at radius 3 is 2.86 bits per heavy atom. The maximum atomic E-state index is 11.7. The van der Waals surface area contributed by atoms with Gasteiger partial charge in [0.15, 0.2) is 6.10 Å². The smallest absolute Gasteiger partial charge is 0.306 e. The van der Waals surface area contributed by atoms with Gasteiger partial charge in [-0.3, -0.25) is 4.79 Å². The Bertz CT molecular complexity index is 389. The molecule has 2 rings (SSSR count). The average Bonchev–Trinajstić information content (AvgIpc) is 2.93. The molecule has 5 atom stereocenters. The van der Waals surface area contributed by atoms with Crippen LogP contribution in [0.2, 0.25) is 0 Å². The minimum Gasteiger partial charge on any atom is -0.457 e. The molecule has 0 saturated carbocycles. The summed E-state index contributed by atoms with van der Waals surface area (Å²) >= 11 is 0. The summed E-state index contributed by atoms with van der Waals surface area (Å²) < 4.78 is 15.9. The standard InChI is InChI=1S/C12H19NO8/c1-7(21-13(16)17)3-2-4-10(15)20-9-6-19-11-8(14)5-18-12(9)11/h7-9,11-12,14H,2-6H2,1H3/t7?,8?,9?,11-,12-/m1/s1. The molecule has 0 aromatic heterocycles. The summed E-state index contributed by atoms with van der Waals surface area (Å²) in [4.78, 5) is 26.2. The van der Waals surface area contributed by atoms with Crippen LogP contribution in [0.1, 0.15) is 26.2 Å². The summed E-state index contributed by atoms with van der Waals surface area (Å²) in [6.45, 7) is 1.95. The van der Waals surface area contributed by atoms with Gasteiger partial charge in [0, 0.05) is 6.42 Å². The van der Waals surface area contributed by atoms with Crippen molar-refractivity contribution in [2.24, 2.45) is 0 Å². The summed E-state index contributed by atoms with van der Waals surface area (Å²) in [5.41, 5.74) is 0. The Labute approximate surface area is 121 Å². The highest BCUT2D eigenvalue weighted by molar-refractivity contribution is 5.69. The third kappa shape index (κ3) is 4.26. The minimum absolute atomic E-state index is 0.141. The van der Waals surface area contributed by atoms with Crippen LogP contribution < -0.4 is 0 Å². The number of fused-ring (bicyclic) bond motifs is 1. The van der Waals surface area contributed by atoms with Crippen LogP contribution in [0.15, 0.2) is 0 Å². The molecule has 0 aromatic carbocycles. The van der Waals surface area contributed by atoms with Gasteiger partial charge in [0.05, 0.1) is 13.2 Å². The number of carbonyl (C=O) groups is 1. The van der Waals surface area contributed by atoms with Gasteiger partial charge in [0.2, 0.25) is 0 Å². The second kappa shape index (κ2) is 7.01. The fraction of sp³-hybridized carbons (Fsp3) is 0.917. The van der Waals surface area contributed by atoms with E-state index in [-0.39, 0.29) is 19.6 Å². The first-order valence-electron chi connectivity index (χ1n) is 6.89. The van der Waals surface area contributed by atoms with E-state index < -0.39 is 41.6 Å². The second-order valence-corrected chi connectivity index (χ2v) is 5.22. The zero-order chi connectivity index (χ0) is 15.4. The van der Waals surface area contributed by atoms with Crippen molar-refractivity contribution in [1.82, 2.24) is 0 Å². The number of hydrogen-bond acceptors (Lipinski definition) is 8. The highest BCUT2D eigenvalue weighted by Gasteiger charge is 2.48. The van der Waals surface area contributed by atoms with Gasteiger partial charge in [-0.05, 0) is 19.8 Å². The maximum absolute atomic E-state index is 11.7. The van der Waals surface area contributed by atoms with Crippen molar-refractivity contribution in [3.63, 3.8) is 0 Å². The predicted molar refractivity (Wildman–Crippen MR) is 66.8 cm³/mol. The fourth-order valence-corrected chi connectivity index (χ4v) is 2.51. The quantitative estimate of drug-likeness (QED) is 0.391. The number of ether oxygens (including phenoxy) is 3. The number of nitrogens with zero attached hydrogens (tertiary/aromatic N) is 1. The molecule has 0 aromatic rings. The molecule has 0 spiro atoms. The maximum Gasteiger partial charge on any atom is 0.306 e. The van der Waals surface area contributed by atoms with Crippen molar-refractivity contribution in [1.29, 1.82) is 0 Å². The van der Waals surface area contributed by atoms with Crippen LogP contribution in [-0.4, -0.2) is 59.9 Å². The van der Waals surface area contributed by atoms with E-state index in [0.29, 0.717) is 12.8 Å². The Kier molecular flexibility index (Phi) is 5.32. The number of aliphatic hydroxyl groups excluding tert-OH is 1. The van der Waals surface area contributed by atoms with Crippen LogP contribution in [0.4, 0.5) is 0 Å². The summed E-state index contributed by atoms with van der Waals surface area (Å²) in [7, 11) is 0. The zero-order valence-corrected chi connectivity index (χ0v) is 11.7. The van der Waals surface area contributed by atoms with Gasteiger partial charge in [-0.15, -0.1) is 10.1 Å². The van der Waals surface area contributed by atoms with Gasteiger partial charge >= 0.3 is 5.97 Å². The van der Waals surface area contributed by atoms with E-state index in [2.05, 4.69) is 4.84 Å². The molecule has 120 valence electrons. The Morgan fingerprint density at radius 1 is 1.43 bits per heavy atom. The molecule has 0 aliphatic carbocycles. The highest BCUT2D eigenvalue weighted by atomic mass is 17.0. The first-order chi connectivity index (χ1) is 9.97. The number of esters is 1. The van der Waals surface area contributed by atoms with Gasteiger partial charge in [0.1, 0.15) is 24.4 Å². The number of rotatable bonds is 7. The predicted octanol–water partition coefficient (Wildman–Crippen LogP) is -0.176. The zero-order valence-electron chi connectivity index (χ0n) is 11.7. The SMILES string of the molecule is CC(CCCC(=O)OC1CO[C@@H]2C(O)CO[C@H]12)O[N+](=O)[O-]. The van der Waals surface area contributed by atoms with Crippen LogP contribution in [-0.2, 0) is 23.8 Å². The third-order valence-corrected chi connectivity index (χ3v) is 3.52. The molecule has 21 heavy (non-hydrogen) atoms. The molecule has 9 nitrogen and oxygen atoms in total. The van der Waals surface area contributed by atoms with Crippen LogP contribution >= 0.6 is 0 Å². The molecule has 2 aliphatic rings. The molecule has 2 fully saturated rings. The summed E-state index contributed by atoms with van der Waals surface area (Å²) in [6, 6.07) is 0. The topological polar surface area (TPSA) is 117 Å². The molecule has 1 N–H and O–H groups in total. The first-order valence-corrected chi connectivity index (χ1v) is 6.89. The van der Waals surface area contributed by atoms with Gasteiger partial charge in [-0.1, -0.05) is 0 Å². The largest absolute Gasteiger partial charge is 0.457 e. The van der Waals surface area contributed by atoms with E-state index >= 15 is 0 Å². The van der Waals surface area contributed by atoms with Crippen molar-refractivity contribution in [3.05, 3.63) is 10.1 Å². The van der Waals surface area contributed by atoms with E-state index in [1.165, 1.54) is 0 Å². The number of aliphatic hydroxyl groups is 1. The molecule has 2 saturated heterocycles. The highest BCUT2D eigenvalue weighted by Crippen LogP contribution is 2.29. The van der Waals surface area contributed by atoms with Gasteiger partial charge < -0.3 is 24.2 Å². The second-order valence-electron chi connectivity index (χ2n) is 5.22. The molecule has 0 amide bonds. The molecule has 9 heteroatoms. The molecule has 0 bridgehead atoms. The van der Waals surface area contributed by atoms with Crippen molar-refractivity contribution >= 4 is 5.97 Å². The van der Waals surface area contributed by atoms with Crippen molar-refractivity contribution in [2.75, 3.05) is 13.2 Å². The van der Waals surface area contributed by atoms with Crippen LogP contribution in [0.25, 0.3) is 0 Å². The van der Waals surface area contributed by atoms with Gasteiger partial charge in [-0.25, -0.2) is 0 Å². The summed E-state index contributed by atoms with van der Waals surface area (Å²) in [5.74, 6) is -0.414. The van der Waals surface area contributed by atoms with E-state index in [0.717, 1.165) is 0 Å². The van der Waals surface area contributed by atoms with Gasteiger partial charge in [0.25, 0.3) is 5.09 Å². The molecule has 3 unspecified atom stereocenters. The van der Waals surface area contributed by atoms with E-state index in [1.54, 1.807) is 6.92 Å². The number of carbonyl (C=O) groups excluding carboxylic acids is 1. The van der Waals surface area contributed by atoms with E-state index in [1.807, 2.05) is 0 Å².